The molecule has 2 rings (SSSR count). The van der Waals surface area contributed by atoms with Crippen LogP contribution in [0.3, 0.4) is 0 Å². The number of ether oxygens (including phenoxy) is 1. The van der Waals surface area contributed by atoms with Crippen LogP contribution in [0, 0.1) is 6.92 Å². The predicted octanol–water partition coefficient (Wildman–Crippen LogP) is 4.08. The Morgan fingerprint density at radius 3 is 2.60 bits per heavy atom. The van der Waals surface area contributed by atoms with Gasteiger partial charge in [0.05, 0.1) is 7.11 Å². The molecular formula is C16H16BrNO2. The fraction of sp³-hybridized carbons (Fsp3) is 0.188. The van der Waals surface area contributed by atoms with Crippen molar-refractivity contribution in [3.63, 3.8) is 0 Å². The van der Waals surface area contributed by atoms with Gasteiger partial charge in [-0.3, -0.25) is 0 Å². The minimum atomic E-state index is -0.519. The van der Waals surface area contributed by atoms with Crippen LogP contribution in [0.1, 0.15) is 17.2 Å². The van der Waals surface area contributed by atoms with Crippen molar-refractivity contribution in [3.8, 4) is 0 Å². The van der Waals surface area contributed by atoms with Gasteiger partial charge in [0.15, 0.2) is 6.04 Å². The van der Waals surface area contributed by atoms with Crippen LogP contribution in [0.2, 0.25) is 0 Å². The molecule has 0 heterocycles. The highest BCUT2D eigenvalue weighted by atomic mass is 79.9. The Kier molecular flexibility index (Phi) is 4.79. The Morgan fingerprint density at radius 1 is 1.20 bits per heavy atom. The second-order valence-corrected chi connectivity index (χ2v) is 5.44. The number of anilines is 1. The van der Waals surface area contributed by atoms with Gasteiger partial charge in [0.2, 0.25) is 0 Å². The summed E-state index contributed by atoms with van der Waals surface area (Å²) in [6.07, 6.45) is 0. The van der Waals surface area contributed by atoms with E-state index < -0.39 is 6.04 Å². The molecule has 1 atom stereocenters. The smallest absolute Gasteiger partial charge is 0.332 e. The highest BCUT2D eigenvalue weighted by Gasteiger charge is 2.21. The number of esters is 1. The SMILES string of the molecule is COC(=O)C(Nc1cccc(Br)c1)c1cccc(C)c1. The van der Waals surface area contributed by atoms with Crippen molar-refractivity contribution >= 4 is 27.6 Å². The zero-order valence-corrected chi connectivity index (χ0v) is 13.0. The minimum absolute atomic E-state index is 0.310. The minimum Gasteiger partial charge on any atom is -0.467 e. The number of benzene rings is 2. The Hall–Kier alpha value is -1.81. The number of aryl methyl sites for hydroxylation is 1. The molecule has 0 bridgehead atoms. The van der Waals surface area contributed by atoms with Gasteiger partial charge < -0.3 is 10.1 Å². The third kappa shape index (κ3) is 3.61. The first kappa shape index (κ1) is 14.6. The Labute approximate surface area is 127 Å². The molecule has 0 saturated carbocycles. The molecule has 0 spiro atoms. The molecule has 0 aliphatic heterocycles. The monoisotopic (exact) mass is 333 g/mol. The number of nitrogens with one attached hydrogen (secondary N) is 1. The number of carbonyl (C=O) groups excluding carboxylic acids is 1. The predicted molar refractivity (Wildman–Crippen MR) is 83.7 cm³/mol. The van der Waals surface area contributed by atoms with Crippen LogP contribution in [-0.2, 0) is 9.53 Å². The number of hydrogen-bond donors (Lipinski definition) is 1. The molecule has 104 valence electrons. The topological polar surface area (TPSA) is 38.3 Å². The van der Waals surface area contributed by atoms with Crippen molar-refractivity contribution in [2.24, 2.45) is 0 Å². The summed E-state index contributed by atoms with van der Waals surface area (Å²) in [4.78, 5) is 12.0. The van der Waals surface area contributed by atoms with E-state index in [1.165, 1.54) is 7.11 Å². The molecule has 4 heteroatoms. The second-order valence-electron chi connectivity index (χ2n) is 4.52. The second kappa shape index (κ2) is 6.57. The normalized spacial score (nSPS) is 11.8. The van der Waals surface area contributed by atoms with Crippen molar-refractivity contribution in [2.45, 2.75) is 13.0 Å². The fourth-order valence-electron chi connectivity index (χ4n) is 1.99. The fourth-order valence-corrected chi connectivity index (χ4v) is 2.39. The summed E-state index contributed by atoms with van der Waals surface area (Å²) in [5, 5.41) is 3.21. The number of halogens is 1. The van der Waals surface area contributed by atoms with Crippen molar-refractivity contribution < 1.29 is 9.53 Å². The first-order valence-electron chi connectivity index (χ1n) is 6.26. The average Bonchev–Trinajstić information content (AvgIpc) is 2.44. The van der Waals surface area contributed by atoms with Gasteiger partial charge in [0, 0.05) is 10.2 Å². The van der Waals surface area contributed by atoms with Crippen LogP contribution in [0.15, 0.2) is 53.0 Å². The van der Waals surface area contributed by atoms with Gasteiger partial charge in [-0.05, 0) is 30.7 Å². The lowest BCUT2D eigenvalue weighted by atomic mass is 10.0. The lowest BCUT2D eigenvalue weighted by molar-refractivity contribution is -0.141. The highest BCUT2D eigenvalue weighted by molar-refractivity contribution is 9.10. The van der Waals surface area contributed by atoms with Crippen molar-refractivity contribution in [1.82, 2.24) is 0 Å². The lowest BCUT2D eigenvalue weighted by Crippen LogP contribution is -2.22. The van der Waals surface area contributed by atoms with E-state index in [-0.39, 0.29) is 5.97 Å². The van der Waals surface area contributed by atoms with Crippen molar-refractivity contribution in [3.05, 3.63) is 64.1 Å². The number of hydrogen-bond acceptors (Lipinski definition) is 3. The molecule has 2 aromatic rings. The van der Waals surface area contributed by atoms with E-state index in [2.05, 4.69) is 21.2 Å². The summed E-state index contributed by atoms with van der Waals surface area (Å²) in [5.74, 6) is -0.310. The van der Waals surface area contributed by atoms with E-state index >= 15 is 0 Å². The Bertz CT molecular complexity index is 613. The molecule has 2 aromatic carbocycles. The summed E-state index contributed by atoms with van der Waals surface area (Å²) < 4.78 is 5.85. The molecule has 0 aromatic heterocycles. The summed E-state index contributed by atoms with van der Waals surface area (Å²) >= 11 is 3.42. The highest BCUT2D eigenvalue weighted by Crippen LogP contribution is 2.23. The van der Waals surface area contributed by atoms with Gasteiger partial charge in [-0.1, -0.05) is 51.8 Å². The quantitative estimate of drug-likeness (QED) is 0.856. The lowest BCUT2D eigenvalue weighted by Gasteiger charge is -2.18. The van der Waals surface area contributed by atoms with Gasteiger partial charge in [0.1, 0.15) is 0 Å². The van der Waals surface area contributed by atoms with Crippen LogP contribution < -0.4 is 5.32 Å². The van der Waals surface area contributed by atoms with Gasteiger partial charge in [-0.15, -0.1) is 0 Å². The van der Waals surface area contributed by atoms with Crippen LogP contribution in [0.5, 0.6) is 0 Å². The van der Waals surface area contributed by atoms with E-state index in [9.17, 15) is 4.79 Å². The maximum atomic E-state index is 12.0. The van der Waals surface area contributed by atoms with Crippen molar-refractivity contribution in [1.29, 1.82) is 0 Å². The number of methoxy groups -OCH3 is 1. The summed E-state index contributed by atoms with van der Waals surface area (Å²) in [6.45, 7) is 2.00. The number of rotatable bonds is 4. The van der Waals surface area contributed by atoms with Crippen LogP contribution >= 0.6 is 15.9 Å². The van der Waals surface area contributed by atoms with Crippen LogP contribution in [0.25, 0.3) is 0 Å². The number of carbonyl (C=O) groups is 1. The molecule has 0 fully saturated rings. The molecule has 0 amide bonds. The maximum Gasteiger partial charge on any atom is 0.332 e. The Balaban J connectivity index is 2.31. The van der Waals surface area contributed by atoms with E-state index in [0.29, 0.717) is 0 Å². The zero-order valence-electron chi connectivity index (χ0n) is 11.4. The standard InChI is InChI=1S/C16H16BrNO2/c1-11-5-3-6-12(9-11)15(16(19)20-2)18-14-8-4-7-13(17)10-14/h3-10,15,18H,1-2H3. The van der Waals surface area contributed by atoms with E-state index in [1.807, 2.05) is 55.5 Å². The van der Waals surface area contributed by atoms with E-state index in [0.717, 1.165) is 21.3 Å². The summed E-state index contributed by atoms with van der Waals surface area (Å²) in [6, 6.07) is 15.0. The Morgan fingerprint density at radius 2 is 1.95 bits per heavy atom. The van der Waals surface area contributed by atoms with E-state index in [4.69, 9.17) is 4.74 Å². The molecule has 3 nitrogen and oxygen atoms in total. The van der Waals surface area contributed by atoms with Gasteiger partial charge >= 0.3 is 5.97 Å². The van der Waals surface area contributed by atoms with E-state index in [1.54, 1.807) is 0 Å². The molecule has 0 radical (unpaired) electrons. The van der Waals surface area contributed by atoms with Gasteiger partial charge in [-0.25, -0.2) is 4.79 Å². The summed E-state index contributed by atoms with van der Waals surface area (Å²) in [5.41, 5.74) is 2.85. The molecular weight excluding hydrogens is 318 g/mol. The summed E-state index contributed by atoms with van der Waals surface area (Å²) in [7, 11) is 1.40. The third-order valence-electron chi connectivity index (χ3n) is 2.95. The first-order chi connectivity index (χ1) is 9.60. The van der Waals surface area contributed by atoms with Crippen LogP contribution in [-0.4, -0.2) is 13.1 Å². The first-order valence-corrected chi connectivity index (χ1v) is 7.06. The maximum absolute atomic E-state index is 12.0. The molecule has 0 aliphatic rings. The molecule has 20 heavy (non-hydrogen) atoms. The van der Waals surface area contributed by atoms with Crippen molar-refractivity contribution in [2.75, 3.05) is 12.4 Å². The largest absolute Gasteiger partial charge is 0.467 e. The zero-order chi connectivity index (χ0) is 14.5. The third-order valence-corrected chi connectivity index (χ3v) is 3.44. The van der Waals surface area contributed by atoms with Gasteiger partial charge in [-0.2, -0.15) is 0 Å². The molecule has 1 N–H and O–H groups in total. The molecule has 0 saturated heterocycles. The average molecular weight is 334 g/mol. The molecule has 1 unspecified atom stereocenters. The van der Waals surface area contributed by atoms with Crippen LogP contribution in [0.4, 0.5) is 5.69 Å². The molecule has 0 aliphatic carbocycles. The van der Waals surface area contributed by atoms with Gasteiger partial charge in [0.25, 0.3) is 0 Å².